The van der Waals surface area contributed by atoms with Crippen LogP contribution >= 0.6 is 0 Å². The molecule has 3 aromatic carbocycles. The lowest BCUT2D eigenvalue weighted by Gasteiger charge is -2.36. The molecule has 32 heavy (non-hydrogen) atoms. The number of β-amino-alcohol motifs (C(OH)–C–C–N with tert-alkyl or cyclic N) is 1. The van der Waals surface area contributed by atoms with Gasteiger partial charge in [-0.15, -0.1) is 0 Å². The minimum Gasteiger partial charge on any atom is -0.491 e. The largest absolute Gasteiger partial charge is 0.491 e. The first kappa shape index (κ1) is 22.2. The van der Waals surface area contributed by atoms with Crippen LogP contribution in [0.2, 0.25) is 0 Å². The van der Waals surface area contributed by atoms with E-state index in [9.17, 15) is 5.11 Å². The van der Waals surface area contributed by atoms with Crippen molar-refractivity contribution in [1.29, 1.82) is 0 Å². The highest BCUT2D eigenvalue weighted by Crippen LogP contribution is 2.20. The molecule has 0 saturated carbocycles. The number of ether oxygens (including phenoxy) is 2. The van der Waals surface area contributed by atoms with Crippen LogP contribution in [0.3, 0.4) is 0 Å². The summed E-state index contributed by atoms with van der Waals surface area (Å²) in [6.07, 6.45) is -0.519. The molecule has 5 heteroatoms. The molecule has 0 aliphatic carbocycles. The smallest absolute Gasteiger partial charge is 0.120 e. The van der Waals surface area contributed by atoms with Gasteiger partial charge in [0.1, 0.15) is 30.8 Å². The Morgan fingerprint density at radius 1 is 0.781 bits per heavy atom. The average Bonchev–Trinajstić information content (AvgIpc) is 2.84. The Morgan fingerprint density at radius 3 is 2.06 bits per heavy atom. The zero-order valence-corrected chi connectivity index (χ0v) is 18.7. The Morgan fingerprint density at radius 2 is 1.41 bits per heavy atom. The SMILES string of the molecule is Cc1ccc(N2CCN(CC(O)COc3ccc(OCc4ccccc4)cc3)CC2)cc1. The van der Waals surface area contributed by atoms with Crippen molar-refractivity contribution in [1.82, 2.24) is 4.90 Å². The monoisotopic (exact) mass is 432 g/mol. The molecule has 3 aromatic rings. The number of rotatable bonds is 9. The second-order valence-corrected chi connectivity index (χ2v) is 8.33. The highest BCUT2D eigenvalue weighted by molar-refractivity contribution is 5.47. The van der Waals surface area contributed by atoms with E-state index in [-0.39, 0.29) is 6.61 Å². The number of nitrogens with zero attached hydrogens (tertiary/aromatic N) is 2. The van der Waals surface area contributed by atoms with Crippen LogP contribution in [0.15, 0.2) is 78.9 Å². The molecular weight excluding hydrogens is 400 g/mol. The zero-order chi connectivity index (χ0) is 22.2. The van der Waals surface area contributed by atoms with E-state index in [2.05, 4.69) is 41.0 Å². The first-order valence-corrected chi connectivity index (χ1v) is 11.3. The van der Waals surface area contributed by atoms with Gasteiger partial charge in [-0.2, -0.15) is 0 Å². The van der Waals surface area contributed by atoms with Gasteiger partial charge in [0.25, 0.3) is 0 Å². The maximum atomic E-state index is 10.4. The maximum absolute atomic E-state index is 10.4. The summed E-state index contributed by atoms with van der Waals surface area (Å²) in [5, 5.41) is 10.4. The fourth-order valence-corrected chi connectivity index (χ4v) is 3.86. The lowest BCUT2D eigenvalue weighted by molar-refractivity contribution is 0.0663. The number of aliphatic hydroxyl groups excluding tert-OH is 1. The number of piperazine rings is 1. The van der Waals surface area contributed by atoms with Gasteiger partial charge >= 0.3 is 0 Å². The Kier molecular flexibility index (Phi) is 7.64. The lowest BCUT2D eigenvalue weighted by atomic mass is 10.2. The summed E-state index contributed by atoms with van der Waals surface area (Å²) in [4.78, 5) is 4.71. The van der Waals surface area contributed by atoms with Crippen molar-refractivity contribution in [2.45, 2.75) is 19.6 Å². The van der Waals surface area contributed by atoms with Crippen molar-refractivity contribution in [2.75, 3.05) is 44.2 Å². The molecule has 0 spiro atoms. The molecule has 1 unspecified atom stereocenters. The van der Waals surface area contributed by atoms with Crippen LogP contribution in [0.25, 0.3) is 0 Å². The van der Waals surface area contributed by atoms with Crippen LogP contribution in [0.4, 0.5) is 5.69 Å². The van der Waals surface area contributed by atoms with E-state index < -0.39 is 6.10 Å². The van der Waals surface area contributed by atoms with Crippen LogP contribution in [-0.2, 0) is 6.61 Å². The Hall–Kier alpha value is -3.02. The fourth-order valence-electron chi connectivity index (χ4n) is 3.86. The van der Waals surface area contributed by atoms with Crippen LogP contribution in [0, 0.1) is 6.92 Å². The van der Waals surface area contributed by atoms with Gasteiger partial charge in [-0.05, 0) is 48.9 Å². The van der Waals surface area contributed by atoms with E-state index >= 15 is 0 Å². The molecule has 1 atom stereocenters. The van der Waals surface area contributed by atoms with Crippen LogP contribution < -0.4 is 14.4 Å². The minimum absolute atomic E-state index is 0.280. The van der Waals surface area contributed by atoms with Gasteiger partial charge in [-0.25, -0.2) is 0 Å². The summed E-state index contributed by atoms with van der Waals surface area (Å²) in [5.41, 5.74) is 3.69. The van der Waals surface area contributed by atoms with Crippen LogP contribution in [-0.4, -0.2) is 55.4 Å². The van der Waals surface area contributed by atoms with Gasteiger partial charge < -0.3 is 19.5 Å². The number of aryl methyl sites for hydroxylation is 1. The van der Waals surface area contributed by atoms with E-state index in [0.29, 0.717) is 13.2 Å². The first-order valence-electron chi connectivity index (χ1n) is 11.3. The number of anilines is 1. The number of hydrogen-bond donors (Lipinski definition) is 1. The van der Waals surface area contributed by atoms with E-state index in [1.165, 1.54) is 11.3 Å². The Bertz CT molecular complexity index is 937. The van der Waals surface area contributed by atoms with Gasteiger partial charge in [0.2, 0.25) is 0 Å². The number of benzene rings is 3. The van der Waals surface area contributed by atoms with Gasteiger partial charge in [0.15, 0.2) is 0 Å². The van der Waals surface area contributed by atoms with Crippen LogP contribution in [0.1, 0.15) is 11.1 Å². The van der Waals surface area contributed by atoms with Crippen molar-refractivity contribution in [3.05, 3.63) is 90.0 Å². The number of aliphatic hydroxyl groups is 1. The van der Waals surface area contributed by atoms with Gasteiger partial charge in [-0.3, -0.25) is 4.90 Å². The highest BCUT2D eigenvalue weighted by atomic mass is 16.5. The van der Waals surface area contributed by atoms with E-state index in [1.807, 2.05) is 54.6 Å². The van der Waals surface area contributed by atoms with Crippen molar-refractivity contribution in [2.24, 2.45) is 0 Å². The molecule has 0 aromatic heterocycles. The van der Waals surface area contributed by atoms with Crippen molar-refractivity contribution < 1.29 is 14.6 Å². The quantitative estimate of drug-likeness (QED) is 0.551. The molecule has 1 N–H and O–H groups in total. The topological polar surface area (TPSA) is 45.2 Å². The molecule has 0 amide bonds. The molecule has 1 aliphatic rings. The average molecular weight is 433 g/mol. The van der Waals surface area contributed by atoms with Gasteiger partial charge in [0.05, 0.1) is 0 Å². The maximum Gasteiger partial charge on any atom is 0.120 e. The molecule has 0 radical (unpaired) electrons. The van der Waals surface area contributed by atoms with Crippen molar-refractivity contribution in [3.63, 3.8) is 0 Å². The van der Waals surface area contributed by atoms with Crippen LogP contribution in [0.5, 0.6) is 11.5 Å². The summed E-state index contributed by atoms with van der Waals surface area (Å²) >= 11 is 0. The predicted octanol–water partition coefficient (Wildman–Crippen LogP) is 4.14. The molecule has 4 rings (SSSR count). The number of hydrogen-bond acceptors (Lipinski definition) is 5. The molecular formula is C27H32N2O3. The second kappa shape index (κ2) is 11.0. The van der Waals surface area contributed by atoms with Gasteiger partial charge in [0, 0.05) is 38.4 Å². The summed E-state index contributed by atoms with van der Waals surface area (Å²) < 4.78 is 11.6. The summed E-state index contributed by atoms with van der Waals surface area (Å²) in [7, 11) is 0. The lowest BCUT2D eigenvalue weighted by Crippen LogP contribution is -2.49. The molecule has 1 fully saturated rings. The molecule has 1 aliphatic heterocycles. The van der Waals surface area contributed by atoms with E-state index in [0.717, 1.165) is 43.2 Å². The van der Waals surface area contributed by atoms with E-state index in [4.69, 9.17) is 9.47 Å². The molecule has 1 heterocycles. The highest BCUT2D eigenvalue weighted by Gasteiger charge is 2.19. The summed E-state index contributed by atoms with van der Waals surface area (Å²) in [5.74, 6) is 1.54. The third-order valence-corrected chi connectivity index (χ3v) is 5.75. The second-order valence-electron chi connectivity index (χ2n) is 8.33. The zero-order valence-electron chi connectivity index (χ0n) is 18.7. The Balaban J connectivity index is 1.16. The summed E-state index contributed by atoms with van der Waals surface area (Å²) in [6.45, 7) is 7.39. The predicted molar refractivity (Wildman–Crippen MR) is 129 cm³/mol. The molecule has 0 bridgehead atoms. The summed E-state index contributed by atoms with van der Waals surface area (Å²) in [6, 6.07) is 26.3. The van der Waals surface area contributed by atoms with E-state index in [1.54, 1.807) is 0 Å². The standard InChI is InChI=1S/C27H32N2O3/c1-22-7-9-24(10-8-22)29-17-15-28(16-18-29)19-25(30)21-32-27-13-11-26(12-14-27)31-20-23-5-3-2-4-6-23/h2-14,25,30H,15-21H2,1H3. The minimum atomic E-state index is -0.519. The fraction of sp³-hybridized carbons (Fsp3) is 0.333. The van der Waals surface area contributed by atoms with Crippen molar-refractivity contribution >= 4 is 5.69 Å². The normalized spacial score (nSPS) is 15.4. The third-order valence-electron chi connectivity index (χ3n) is 5.75. The van der Waals surface area contributed by atoms with Crippen molar-refractivity contribution in [3.8, 4) is 11.5 Å². The molecule has 1 saturated heterocycles. The van der Waals surface area contributed by atoms with Gasteiger partial charge in [-0.1, -0.05) is 48.0 Å². The molecule has 168 valence electrons. The first-order chi connectivity index (χ1) is 15.7. The molecule has 5 nitrogen and oxygen atoms in total. The third kappa shape index (κ3) is 6.49. The Labute approximate surface area is 190 Å².